The second-order valence-corrected chi connectivity index (χ2v) is 7.70. The zero-order valence-electron chi connectivity index (χ0n) is 16.7. The predicted octanol–water partition coefficient (Wildman–Crippen LogP) is 2.03. The van der Waals surface area contributed by atoms with E-state index in [1.54, 1.807) is 6.07 Å². The summed E-state index contributed by atoms with van der Waals surface area (Å²) < 4.78 is 0. The first-order valence-corrected chi connectivity index (χ1v) is 10.2. The predicted molar refractivity (Wildman–Crippen MR) is 113 cm³/mol. The Morgan fingerprint density at radius 1 is 1.13 bits per heavy atom. The first kappa shape index (κ1) is 22.7. The summed E-state index contributed by atoms with van der Waals surface area (Å²) in [7, 11) is 0. The third kappa shape index (κ3) is 6.27. The normalized spacial score (nSPS) is 15.4. The smallest absolute Gasteiger partial charge is 0.335 e. The van der Waals surface area contributed by atoms with Gasteiger partial charge in [0.05, 0.1) is 13.2 Å². The molecule has 8 nitrogen and oxygen atoms in total. The van der Waals surface area contributed by atoms with Gasteiger partial charge in [0, 0.05) is 17.5 Å². The SMILES string of the molecule is O=C(NC(Cc1ccc(-c2cccc(Cl)c2)cc1)CC(O)C(=O)O)C(=O)N1CCCO1. The fourth-order valence-electron chi connectivity index (χ4n) is 3.32. The molecule has 3 N–H and O–H groups in total. The van der Waals surface area contributed by atoms with Gasteiger partial charge in [0.15, 0.2) is 6.10 Å². The number of hydrogen-bond acceptors (Lipinski definition) is 5. The van der Waals surface area contributed by atoms with E-state index in [-0.39, 0.29) is 12.8 Å². The molecule has 0 saturated carbocycles. The molecule has 0 radical (unpaired) electrons. The van der Waals surface area contributed by atoms with Gasteiger partial charge in [-0.2, -0.15) is 0 Å². The number of carboxylic acids is 1. The number of nitrogens with one attached hydrogen (secondary N) is 1. The number of aliphatic hydroxyl groups is 1. The van der Waals surface area contributed by atoms with Gasteiger partial charge >= 0.3 is 17.8 Å². The summed E-state index contributed by atoms with van der Waals surface area (Å²) in [4.78, 5) is 40.7. The standard InChI is InChI=1S/C22H23ClN2O6/c23-17-4-1-3-16(12-17)15-7-5-14(6-8-15)11-18(13-19(26)22(29)30)24-20(27)21(28)25-9-2-10-31-25/h1,3-8,12,18-19,26H,2,9-11,13H2,(H,24,27)(H,29,30). The summed E-state index contributed by atoms with van der Waals surface area (Å²) in [6.07, 6.45) is -1.04. The number of hydrogen-bond donors (Lipinski definition) is 3. The molecule has 0 aromatic heterocycles. The molecule has 31 heavy (non-hydrogen) atoms. The molecule has 164 valence electrons. The minimum atomic E-state index is -1.67. The van der Waals surface area contributed by atoms with Crippen LogP contribution >= 0.6 is 11.6 Å². The van der Waals surface area contributed by atoms with Crippen LogP contribution in [0.2, 0.25) is 5.02 Å². The van der Waals surface area contributed by atoms with E-state index in [0.29, 0.717) is 24.6 Å². The van der Waals surface area contributed by atoms with Gasteiger partial charge in [0.25, 0.3) is 0 Å². The molecule has 1 aliphatic heterocycles. The molecule has 2 amide bonds. The molecule has 1 fully saturated rings. The van der Waals surface area contributed by atoms with Gasteiger partial charge in [-0.25, -0.2) is 9.86 Å². The lowest BCUT2D eigenvalue weighted by Gasteiger charge is -2.21. The van der Waals surface area contributed by atoms with Gasteiger partial charge in [-0.3, -0.25) is 14.4 Å². The molecular weight excluding hydrogens is 424 g/mol. The number of carboxylic acid groups (broad SMARTS) is 1. The lowest BCUT2D eigenvalue weighted by molar-refractivity contribution is -0.174. The highest BCUT2D eigenvalue weighted by molar-refractivity contribution is 6.34. The van der Waals surface area contributed by atoms with Crippen molar-refractivity contribution < 1.29 is 29.4 Å². The maximum absolute atomic E-state index is 12.3. The van der Waals surface area contributed by atoms with Crippen molar-refractivity contribution in [2.75, 3.05) is 13.2 Å². The van der Waals surface area contributed by atoms with Gasteiger partial charge in [-0.15, -0.1) is 0 Å². The Hall–Kier alpha value is -2.94. The topological polar surface area (TPSA) is 116 Å². The van der Waals surface area contributed by atoms with E-state index in [1.165, 1.54) is 0 Å². The fourth-order valence-corrected chi connectivity index (χ4v) is 3.51. The van der Waals surface area contributed by atoms with Crippen LogP contribution in [0.3, 0.4) is 0 Å². The van der Waals surface area contributed by atoms with Crippen LogP contribution in [0, 0.1) is 0 Å². The number of carbonyl (C=O) groups excluding carboxylic acids is 2. The van der Waals surface area contributed by atoms with Crippen LogP contribution in [-0.2, 0) is 25.6 Å². The Bertz CT molecular complexity index is 943. The summed E-state index contributed by atoms with van der Waals surface area (Å²) in [6.45, 7) is 0.679. The van der Waals surface area contributed by atoms with Gasteiger partial charge in [-0.05, 0) is 41.7 Å². The average molecular weight is 447 g/mol. The maximum atomic E-state index is 12.3. The summed E-state index contributed by atoms with van der Waals surface area (Å²) in [5.41, 5.74) is 2.69. The van der Waals surface area contributed by atoms with E-state index in [9.17, 15) is 19.5 Å². The van der Waals surface area contributed by atoms with Crippen LogP contribution < -0.4 is 5.32 Å². The van der Waals surface area contributed by atoms with Crippen molar-refractivity contribution in [3.63, 3.8) is 0 Å². The van der Waals surface area contributed by atoms with Crippen molar-refractivity contribution >= 4 is 29.4 Å². The van der Waals surface area contributed by atoms with Crippen molar-refractivity contribution in [3.05, 3.63) is 59.1 Å². The van der Waals surface area contributed by atoms with E-state index in [0.717, 1.165) is 21.8 Å². The third-order valence-corrected chi connectivity index (χ3v) is 5.13. The minimum absolute atomic E-state index is 0.236. The van der Waals surface area contributed by atoms with Crippen molar-refractivity contribution in [1.29, 1.82) is 0 Å². The molecule has 3 rings (SSSR count). The minimum Gasteiger partial charge on any atom is -0.479 e. The molecule has 1 aliphatic rings. The lowest BCUT2D eigenvalue weighted by Crippen LogP contribution is -2.47. The number of aliphatic carboxylic acids is 1. The summed E-state index contributed by atoms with van der Waals surface area (Å²) in [5, 5.41) is 22.9. The number of nitrogens with zero attached hydrogens (tertiary/aromatic N) is 1. The monoisotopic (exact) mass is 446 g/mol. The summed E-state index contributed by atoms with van der Waals surface area (Å²) >= 11 is 6.04. The summed E-state index contributed by atoms with van der Waals surface area (Å²) in [5.74, 6) is -3.14. The van der Waals surface area contributed by atoms with E-state index in [1.807, 2.05) is 42.5 Å². The first-order valence-electron chi connectivity index (χ1n) is 9.84. The Labute approximate surface area is 184 Å². The van der Waals surface area contributed by atoms with Crippen LogP contribution in [0.15, 0.2) is 48.5 Å². The van der Waals surface area contributed by atoms with Crippen molar-refractivity contribution in [1.82, 2.24) is 10.4 Å². The molecule has 9 heteroatoms. The number of amides is 2. The van der Waals surface area contributed by atoms with E-state index in [2.05, 4.69) is 5.32 Å². The first-order chi connectivity index (χ1) is 14.8. The molecule has 2 unspecified atom stereocenters. The van der Waals surface area contributed by atoms with Crippen molar-refractivity contribution in [3.8, 4) is 11.1 Å². The van der Waals surface area contributed by atoms with E-state index >= 15 is 0 Å². The Morgan fingerprint density at radius 3 is 2.48 bits per heavy atom. The average Bonchev–Trinajstić information content (AvgIpc) is 3.28. The van der Waals surface area contributed by atoms with Crippen LogP contribution in [0.25, 0.3) is 11.1 Å². The number of benzene rings is 2. The summed E-state index contributed by atoms with van der Waals surface area (Å²) in [6, 6.07) is 14.1. The molecule has 1 saturated heterocycles. The third-order valence-electron chi connectivity index (χ3n) is 4.90. The van der Waals surface area contributed by atoms with Crippen LogP contribution in [0.1, 0.15) is 18.4 Å². The highest BCUT2D eigenvalue weighted by Crippen LogP contribution is 2.23. The number of aliphatic hydroxyl groups excluding tert-OH is 1. The van der Waals surface area contributed by atoms with E-state index in [4.69, 9.17) is 21.5 Å². The number of halogens is 1. The lowest BCUT2D eigenvalue weighted by atomic mass is 9.98. The molecule has 1 heterocycles. The Kier molecular flexibility index (Phi) is 7.62. The molecular formula is C22H23ClN2O6. The number of carbonyl (C=O) groups is 3. The number of hydroxylamine groups is 2. The highest BCUT2D eigenvalue weighted by Gasteiger charge is 2.29. The quantitative estimate of drug-likeness (QED) is 0.560. The zero-order valence-corrected chi connectivity index (χ0v) is 17.4. The number of rotatable bonds is 7. The maximum Gasteiger partial charge on any atom is 0.335 e. The van der Waals surface area contributed by atoms with Crippen LogP contribution in [-0.4, -0.2) is 58.4 Å². The molecule has 0 bridgehead atoms. The second kappa shape index (κ2) is 10.4. The van der Waals surface area contributed by atoms with Gasteiger partial charge in [0.2, 0.25) is 0 Å². The largest absolute Gasteiger partial charge is 0.479 e. The Morgan fingerprint density at radius 2 is 1.87 bits per heavy atom. The van der Waals surface area contributed by atoms with E-state index < -0.39 is 29.9 Å². The van der Waals surface area contributed by atoms with Crippen LogP contribution in [0.5, 0.6) is 0 Å². The Balaban J connectivity index is 1.70. The highest BCUT2D eigenvalue weighted by atomic mass is 35.5. The molecule has 0 aliphatic carbocycles. The van der Waals surface area contributed by atoms with Crippen molar-refractivity contribution in [2.45, 2.75) is 31.4 Å². The fraction of sp³-hybridized carbons (Fsp3) is 0.318. The molecule has 2 aromatic carbocycles. The van der Waals surface area contributed by atoms with Crippen molar-refractivity contribution in [2.24, 2.45) is 0 Å². The van der Waals surface area contributed by atoms with Gasteiger partial charge in [0.1, 0.15) is 0 Å². The molecule has 2 atom stereocenters. The van der Waals surface area contributed by atoms with Gasteiger partial charge < -0.3 is 15.5 Å². The molecule has 2 aromatic rings. The van der Waals surface area contributed by atoms with Crippen LogP contribution in [0.4, 0.5) is 0 Å². The van der Waals surface area contributed by atoms with Gasteiger partial charge in [-0.1, -0.05) is 48.0 Å². The zero-order chi connectivity index (χ0) is 22.4. The second-order valence-electron chi connectivity index (χ2n) is 7.27. The molecule has 0 spiro atoms.